The summed E-state index contributed by atoms with van der Waals surface area (Å²) in [5, 5.41) is 12.9. The third-order valence-corrected chi connectivity index (χ3v) is 6.21. The Morgan fingerprint density at radius 2 is 2.14 bits per heavy atom. The van der Waals surface area contributed by atoms with E-state index >= 15 is 4.39 Å². The zero-order chi connectivity index (χ0) is 20.3. The lowest BCUT2D eigenvalue weighted by molar-refractivity contribution is 0.0470. The van der Waals surface area contributed by atoms with Gasteiger partial charge in [0.25, 0.3) is 5.91 Å². The van der Waals surface area contributed by atoms with Crippen molar-refractivity contribution in [1.82, 2.24) is 9.88 Å². The van der Waals surface area contributed by atoms with E-state index in [-0.39, 0.29) is 23.3 Å². The third kappa shape index (κ3) is 2.73. The molecule has 148 valence electrons. The van der Waals surface area contributed by atoms with Crippen LogP contribution in [0.15, 0.2) is 24.4 Å². The van der Waals surface area contributed by atoms with Crippen molar-refractivity contribution < 1.29 is 14.3 Å². The van der Waals surface area contributed by atoms with Crippen LogP contribution < -0.4 is 11.1 Å². The topological polar surface area (TPSA) is 91.5 Å². The fourth-order valence-corrected chi connectivity index (χ4v) is 3.68. The summed E-state index contributed by atoms with van der Waals surface area (Å²) in [7, 11) is 1.53. The Balaban J connectivity index is 1.77. The van der Waals surface area contributed by atoms with Crippen LogP contribution in [0.4, 0.5) is 15.9 Å². The molecule has 2 aliphatic rings. The first-order chi connectivity index (χ1) is 13.2. The van der Waals surface area contributed by atoms with E-state index in [1.807, 2.05) is 6.07 Å². The number of carbonyl (C=O) groups excluding carboxylic acids is 1. The molecule has 0 radical (unpaired) electrons. The molecule has 4 N–H and O–H groups in total. The number of halogens is 1. The third-order valence-electron chi connectivity index (χ3n) is 6.21. The smallest absolute Gasteiger partial charge is 0.259 e. The summed E-state index contributed by atoms with van der Waals surface area (Å²) in [6, 6.07) is 5.10. The van der Waals surface area contributed by atoms with E-state index < -0.39 is 17.3 Å². The lowest BCUT2D eigenvalue weighted by Gasteiger charge is -2.34. The first-order valence-electron chi connectivity index (χ1n) is 9.42. The maximum Gasteiger partial charge on any atom is 0.259 e. The number of rotatable bonds is 4. The number of nitrogen functional groups attached to an aromatic ring is 1. The largest absolute Gasteiger partial charge is 0.398 e. The molecule has 0 atom stereocenters. The predicted molar refractivity (Wildman–Crippen MR) is 107 cm³/mol. The predicted octanol–water partition coefficient (Wildman–Crippen LogP) is 2.77. The monoisotopic (exact) mass is 384 g/mol. The quantitative estimate of drug-likeness (QED) is 0.705. The molecule has 0 saturated heterocycles. The van der Waals surface area contributed by atoms with Gasteiger partial charge in [0.15, 0.2) is 0 Å². The molecule has 1 spiro atoms. The highest BCUT2D eigenvalue weighted by Gasteiger charge is 2.49. The van der Waals surface area contributed by atoms with Crippen LogP contribution in [0.2, 0.25) is 0 Å². The molecule has 2 heterocycles. The maximum atomic E-state index is 15.4. The van der Waals surface area contributed by atoms with Crippen LogP contribution in [0, 0.1) is 5.82 Å². The average Bonchev–Trinajstić information content (AvgIpc) is 3.37. The average molecular weight is 384 g/mol. The molecule has 1 aliphatic heterocycles. The summed E-state index contributed by atoms with van der Waals surface area (Å²) < 4.78 is 15.4. The van der Waals surface area contributed by atoms with Crippen molar-refractivity contribution in [1.29, 1.82) is 0 Å². The van der Waals surface area contributed by atoms with Crippen LogP contribution >= 0.6 is 0 Å². The maximum absolute atomic E-state index is 15.4. The Bertz CT molecular complexity index is 969. The molecule has 1 fully saturated rings. The summed E-state index contributed by atoms with van der Waals surface area (Å²) in [4.78, 5) is 18.7. The van der Waals surface area contributed by atoms with Gasteiger partial charge in [-0.1, -0.05) is 0 Å². The van der Waals surface area contributed by atoms with E-state index in [0.717, 1.165) is 30.8 Å². The number of likely N-dealkylation sites (N-methyl/N-ethyl adjacent to an activating group) is 1. The fourth-order valence-electron chi connectivity index (χ4n) is 3.68. The summed E-state index contributed by atoms with van der Waals surface area (Å²) >= 11 is 0. The second-order valence-corrected chi connectivity index (χ2v) is 8.48. The van der Waals surface area contributed by atoms with Crippen LogP contribution in [0.3, 0.4) is 0 Å². The van der Waals surface area contributed by atoms with Crippen LogP contribution in [-0.2, 0) is 5.41 Å². The number of amides is 1. The summed E-state index contributed by atoms with van der Waals surface area (Å²) in [5.41, 5.74) is 7.18. The molecule has 1 saturated carbocycles. The van der Waals surface area contributed by atoms with Gasteiger partial charge >= 0.3 is 0 Å². The Hall–Kier alpha value is -2.67. The van der Waals surface area contributed by atoms with Crippen molar-refractivity contribution in [2.75, 3.05) is 31.2 Å². The number of aliphatic hydroxyl groups excluding tert-OH is 1. The van der Waals surface area contributed by atoms with E-state index in [1.54, 1.807) is 32.2 Å². The van der Waals surface area contributed by atoms with Gasteiger partial charge in [0.05, 0.1) is 17.7 Å². The Morgan fingerprint density at radius 3 is 2.79 bits per heavy atom. The van der Waals surface area contributed by atoms with E-state index in [0.29, 0.717) is 11.1 Å². The van der Waals surface area contributed by atoms with E-state index in [4.69, 9.17) is 5.73 Å². The summed E-state index contributed by atoms with van der Waals surface area (Å²) in [5.74, 6) is -0.369. The number of aliphatic hydroxyl groups is 1. The molecule has 1 amide bonds. The SMILES string of the molecule is CN(C(=O)c1c(N)ccc(-c2cnc3c(c2)C2(CC2)CN3)c1F)C(C)(C)CO. The van der Waals surface area contributed by atoms with Gasteiger partial charge in [-0.2, -0.15) is 0 Å². The Labute approximate surface area is 163 Å². The number of carbonyl (C=O) groups is 1. The van der Waals surface area contributed by atoms with E-state index in [1.165, 1.54) is 11.9 Å². The van der Waals surface area contributed by atoms with Gasteiger partial charge in [0.2, 0.25) is 0 Å². The minimum absolute atomic E-state index is 0.0706. The summed E-state index contributed by atoms with van der Waals surface area (Å²) in [6.07, 6.45) is 3.83. The standard InChI is InChI=1S/C21H25FN4O2/c1-20(2,11-27)26(3)19(28)16-15(23)5-4-13(17(16)22)12-8-14-18(24-9-12)25-10-21(14)6-7-21/h4-5,8-9,27H,6-7,10-11,23H2,1-3H3,(H,24,25). The van der Waals surface area contributed by atoms with E-state index in [2.05, 4.69) is 10.3 Å². The molecule has 4 rings (SSSR count). The number of benzene rings is 1. The van der Waals surface area contributed by atoms with Gasteiger partial charge in [-0.25, -0.2) is 9.37 Å². The van der Waals surface area contributed by atoms with Gasteiger partial charge in [-0.15, -0.1) is 0 Å². The Morgan fingerprint density at radius 1 is 1.43 bits per heavy atom. The molecular formula is C21H25FN4O2. The highest BCUT2D eigenvalue weighted by molar-refractivity contribution is 6.01. The number of anilines is 2. The van der Waals surface area contributed by atoms with Crippen molar-refractivity contribution in [2.45, 2.75) is 37.6 Å². The minimum atomic E-state index is -0.842. The van der Waals surface area contributed by atoms with Gasteiger partial charge in [-0.05, 0) is 44.9 Å². The molecule has 0 bridgehead atoms. The van der Waals surface area contributed by atoms with Gasteiger partial charge < -0.3 is 21.1 Å². The number of fused-ring (bicyclic) bond motifs is 2. The summed E-state index contributed by atoms with van der Waals surface area (Å²) in [6.45, 7) is 4.03. The molecular weight excluding hydrogens is 359 g/mol. The van der Waals surface area contributed by atoms with Crippen molar-refractivity contribution in [2.24, 2.45) is 0 Å². The van der Waals surface area contributed by atoms with Crippen LogP contribution in [0.1, 0.15) is 42.6 Å². The number of nitrogens with two attached hydrogens (primary N) is 1. The zero-order valence-corrected chi connectivity index (χ0v) is 16.3. The lowest BCUT2D eigenvalue weighted by atomic mass is 9.95. The fraction of sp³-hybridized carbons (Fsp3) is 0.429. The first kappa shape index (κ1) is 18.7. The van der Waals surface area contributed by atoms with Crippen molar-refractivity contribution in [3.63, 3.8) is 0 Å². The molecule has 6 nitrogen and oxygen atoms in total. The van der Waals surface area contributed by atoms with Gasteiger partial charge in [-0.3, -0.25) is 4.79 Å². The van der Waals surface area contributed by atoms with Crippen LogP contribution in [0.25, 0.3) is 11.1 Å². The molecule has 7 heteroatoms. The highest BCUT2D eigenvalue weighted by atomic mass is 19.1. The van der Waals surface area contributed by atoms with Crippen LogP contribution in [0.5, 0.6) is 0 Å². The number of nitrogens with one attached hydrogen (secondary N) is 1. The normalized spacial score (nSPS) is 16.6. The second kappa shape index (κ2) is 6.17. The number of pyridine rings is 1. The van der Waals surface area contributed by atoms with Gasteiger partial charge in [0, 0.05) is 47.6 Å². The van der Waals surface area contributed by atoms with Crippen molar-refractivity contribution in [3.05, 3.63) is 41.3 Å². The highest BCUT2D eigenvalue weighted by Crippen LogP contribution is 2.54. The van der Waals surface area contributed by atoms with Gasteiger partial charge in [0.1, 0.15) is 11.6 Å². The zero-order valence-electron chi connectivity index (χ0n) is 16.3. The number of nitrogens with zero attached hydrogens (tertiary/aromatic N) is 2. The first-order valence-corrected chi connectivity index (χ1v) is 9.42. The molecule has 28 heavy (non-hydrogen) atoms. The van der Waals surface area contributed by atoms with E-state index in [9.17, 15) is 9.90 Å². The van der Waals surface area contributed by atoms with Crippen LogP contribution in [-0.4, -0.2) is 46.6 Å². The molecule has 1 aromatic heterocycles. The molecule has 1 aromatic carbocycles. The number of aromatic nitrogens is 1. The number of hydrogen-bond acceptors (Lipinski definition) is 5. The van der Waals surface area contributed by atoms with Crippen molar-refractivity contribution >= 4 is 17.4 Å². The molecule has 2 aromatic rings. The minimum Gasteiger partial charge on any atom is -0.398 e. The Kier molecular flexibility index (Phi) is 4.12. The lowest BCUT2D eigenvalue weighted by Crippen LogP contribution is -2.48. The molecule has 0 unspecified atom stereocenters. The number of hydrogen-bond donors (Lipinski definition) is 3. The second-order valence-electron chi connectivity index (χ2n) is 8.48. The molecule has 1 aliphatic carbocycles. The van der Waals surface area contributed by atoms with Crippen molar-refractivity contribution in [3.8, 4) is 11.1 Å².